The van der Waals surface area contributed by atoms with E-state index in [0.29, 0.717) is 54.4 Å². The van der Waals surface area contributed by atoms with Crippen LogP contribution >= 0.6 is 0 Å². The molecule has 11 heteroatoms. The van der Waals surface area contributed by atoms with Crippen molar-refractivity contribution in [1.29, 1.82) is 0 Å². The van der Waals surface area contributed by atoms with Crippen LogP contribution < -0.4 is 10.6 Å². The maximum absolute atomic E-state index is 12.9. The monoisotopic (exact) mass is 544 g/mol. The van der Waals surface area contributed by atoms with Gasteiger partial charge < -0.3 is 24.7 Å². The molecule has 0 unspecified atom stereocenters. The molecule has 3 amide bonds. The topological polar surface area (TPSA) is 141 Å². The molecule has 39 heavy (non-hydrogen) atoms. The fraction of sp³-hybridized carbons (Fsp3) is 0.500. The molecular formula is C28H40N4O7. The number of nitrogens with one attached hydrogen (secondary N) is 2. The molecule has 0 saturated carbocycles. The Balaban J connectivity index is 1.93. The molecule has 0 aliphatic heterocycles. The molecule has 2 rings (SSSR count). The number of esters is 1. The molecule has 0 bridgehead atoms. The van der Waals surface area contributed by atoms with Gasteiger partial charge in [0.05, 0.1) is 24.2 Å². The smallest absolute Gasteiger partial charge is 0.338 e. The molecule has 2 atom stereocenters. The van der Waals surface area contributed by atoms with E-state index in [4.69, 9.17) is 9.15 Å². The zero-order valence-corrected chi connectivity index (χ0v) is 23.1. The lowest BCUT2D eigenvalue weighted by molar-refractivity contribution is -0.168. The largest absolute Gasteiger partial charge is 0.461 e. The first-order chi connectivity index (χ1) is 18.7. The number of hydroxylamine groups is 2. The van der Waals surface area contributed by atoms with Crippen molar-refractivity contribution in [3.8, 4) is 11.3 Å². The van der Waals surface area contributed by atoms with E-state index in [-0.39, 0.29) is 18.3 Å². The quantitative estimate of drug-likeness (QED) is 0.0688. The van der Waals surface area contributed by atoms with Crippen LogP contribution in [0.25, 0.3) is 11.3 Å². The Labute approximate surface area is 229 Å². The molecular weight excluding hydrogens is 504 g/mol. The summed E-state index contributed by atoms with van der Waals surface area (Å²) in [6.45, 7) is 4.61. The minimum atomic E-state index is -0.658. The van der Waals surface area contributed by atoms with Gasteiger partial charge in [0.2, 0.25) is 12.3 Å². The second-order valence-electron chi connectivity index (χ2n) is 9.47. The molecule has 0 aliphatic carbocycles. The molecule has 0 fully saturated rings. The number of hydrogen-bond acceptors (Lipinski definition) is 8. The van der Waals surface area contributed by atoms with Crippen molar-refractivity contribution in [2.45, 2.75) is 52.0 Å². The van der Waals surface area contributed by atoms with Gasteiger partial charge in [-0.05, 0) is 51.2 Å². The van der Waals surface area contributed by atoms with Crippen molar-refractivity contribution in [2.75, 3.05) is 33.9 Å². The van der Waals surface area contributed by atoms with E-state index in [1.165, 1.54) is 6.07 Å². The first kappa shape index (κ1) is 31.5. The van der Waals surface area contributed by atoms with E-state index < -0.39 is 23.8 Å². The molecule has 3 N–H and O–H groups in total. The minimum absolute atomic E-state index is 0.0554. The highest BCUT2D eigenvalue weighted by molar-refractivity contribution is 5.92. The van der Waals surface area contributed by atoms with Gasteiger partial charge in [0.15, 0.2) is 5.76 Å². The number of carbonyl (C=O) groups is 4. The molecule has 0 spiro atoms. The molecule has 11 nitrogen and oxygen atoms in total. The number of nitrogens with zero attached hydrogens (tertiary/aromatic N) is 2. The molecule has 0 saturated heterocycles. The number of amides is 3. The summed E-state index contributed by atoms with van der Waals surface area (Å²) in [6, 6.07) is 9.17. The summed E-state index contributed by atoms with van der Waals surface area (Å²) in [7, 11) is 3.79. The van der Waals surface area contributed by atoms with E-state index in [9.17, 15) is 24.4 Å². The molecule has 0 radical (unpaired) electrons. The lowest BCUT2D eigenvalue weighted by atomic mass is 9.90. The van der Waals surface area contributed by atoms with Crippen LogP contribution in [0.2, 0.25) is 0 Å². The lowest BCUT2D eigenvalue weighted by Gasteiger charge is -2.29. The molecule has 1 heterocycles. The van der Waals surface area contributed by atoms with Crippen LogP contribution in [-0.2, 0) is 14.3 Å². The number of benzene rings is 1. The fourth-order valence-corrected chi connectivity index (χ4v) is 4.07. The number of carbonyl (C=O) groups excluding carboxylic acids is 4. The van der Waals surface area contributed by atoms with Gasteiger partial charge in [-0.15, -0.1) is 0 Å². The number of rotatable bonds is 17. The van der Waals surface area contributed by atoms with Gasteiger partial charge in [0.1, 0.15) is 12.4 Å². The van der Waals surface area contributed by atoms with Crippen molar-refractivity contribution in [2.24, 2.45) is 5.92 Å². The Bertz CT molecular complexity index is 1070. The van der Waals surface area contributed by atoms with E-state index in [1.807, 2.05) is 25.9 Å². The SMILES string of the molecule is CCCCC[C@@H](C(=O)NCNC(=O)c1ccc(-c2ccc(C(=O)OCCN(C)C)cc2)o1)[C@@H](CC)N(O)C=O. The highest BCUT2D eigenvalue weighted by Gasteiger charge is 2.30. The van der Waals surface area contributed by atoms with Crippen LogP contribution in [0.15, 0.2) is 40.8 Å². The number of ether oxygens (including phenoxy) is 1. The zero-order valence-electron chi connectivity index (χ0n) is 23.1. The third kappa shape index (κ3) is 9.84. The first-order valence-electron chi connectivity index (χ1n) is 13.2. The molecule has 0 aliphatic rings. The Morgan fingerprint density at radius 2 is 1.77 bits per heavy atom. The highest BCUT2D eigenvalue weighted by Crippen LogP contribution is 2.23. The predicted octanol–water partition coefficient (Wildman–Crippen LogP) is 3.29. The number of hydrogen-bond donors (Lipinski definition) is 3. The van der Waals surface area contributed by atoms with Crippen LogP contribution in [0.4, 0.5) is 0 Å². The van der Waals surface area contributed by atoms with Crippen molar-refractivity contribution in [1.82, 2.24) is 20.6 Å². The maximum Gasteiger partial charge on any atom is 0.338 e. The van der Waals surface area contributed by atoms with Crippen molar-refractivity contribution >= 4 is 24.2 Å². The van der Waals surface area contributed by atoms with Gasteiger partial charge in [-0.3, -0.25) is 19.6 Å². The Morgan fingerprint density at radius 1 is 1.05 bits per heavy atom. The normalized spacial score (nSPS) is 12.5. The van der Waals surface area contributed by atoms with E-state index >= 15 is 0 Å². The van der Waals surface area contributed by atoms with Gasteiger partial charge in [-0.25, -0.2) is 9.86 Å². The van der Waals surface area contributed by atoms with Crippen LogP contribution in [0.3, 0.4) is 0 Å². The fourth-order valence-electron chi connectivity index (χ4n) is 4.07. The van der Waals surface area contributed by atoms with Crippen LogP contribution in [0.5, 0.6) is 0 Å². The summed E-state index contributed by atoms with van der Waals surface area (Å²) in [4.78, 5) is 50.6. The third-order valence-electron chi connectivity index (χ3n) is 6.30. The van der Waals surface area contributed by atoms with Gasteiger partial charge in [0.25, 0.3) is 5.91 Å². The maximum atomic E-state index is 12.9. The molecule has 2 aromatic rings. The average molecular weight is 545 g/mol. The van der Waals surface area contributed by atoms with Gasteiger partial charge in [-0.2, -0.15) is 0 Å². The summed E-state index contributed by atoms with van der Waals surface area (Å²) in [6.07, 6.45) is 3.88. The van der Waals surface area contributed by atoms with E-state index in [2.05, 4.69) is 10.6 Å². The minimum Gasteiger partial charge on any atom is -0.461 e. The van der Waals surface area contributed by atoms with Crippen molar-refractivity contribution < 1.29 is 33.5 Å². The predicted molar refractivity (Wildman–Crippen MR) is 145 cm³/mol. The Kier molecular flexibility index (Phi) is 13.2. The first-order valence-corrected chi connectivity index (χ1v) is 13.2. The molecule has 1 aromatic carbocycles. The standard InChI is InChI=1S/C28H40N4O7/c1-5-7-8-9-22(23(6-2)32(37)19-33)26(34)29-18-30-27(35)25-15-14-24(39-25)20-10-12-21(13-11-20)28(36)38-17-16-31(3)4/h10-15,19,22-23,37H,5-9,16-18H2,1-4H3,(H,29,34)(H,30,35)/t22-,23-/m1/s1. The summed E-state index contributed by atoms with van der Waals surface area (Å²) in [5.41, 5.74) is 1.09. The summed E-state index contributed by atoms with van der Waals surface area (Å²) in [5.74, 6) is -1.42. The van der Waals surface area contributed by atoms with Gasteiger partial charge >= 0.3 is 5.97 Å². The second kappa shape index (κ2) is 16.3. The molecule has 1 aromatic heterocycles. The lowest BCUT2D eigenvalue weighted by Crippen LogP contribution is -2.47. The Morgan fingerprint density at radius 3 is 2.38 bits per heavy atom. The summed E-state index contributed by atoms with van der Waals surface area (Å²) in [5, 5.41) is 15.7. The Hall–Kier alpha value is -3.70. The van der Waals surface area contributed by atoms with Crippen LogP contribution in [-0.4, -0.2) is 79.3 Å². The van der Waals surface area contributed by atoms with Crippen LogP contribution in [0, 0.1) is 5.92 Å². The second-order valence-corrected chi connectivity index (χ2v) is 9.47. The van der Waals surface area contributed by atoms with Gasteiger partial charge in [0, 0.05) is 12.1 Å². The third-order valence-corrected chi connectivity index (χ3v) is 6.30. The van der Waals surface area contributed by atoms with Crippen LogP contribution in [0.1, 0.15) is 66.9 Å². The van der Waals surface area contributed by atoms with Crippen molar-refractivity contribution in [3.05, 3.63) is 47.7 Å². The molecule has 214 valence electrons. The van der Waals surface area contributed by atoms with Gasteiger partial charge in [-0.1, -0.05) is 45.2 Å². The highest BCUT2D eigenvalue weighted by atomic mass is 16.5. The number of unbranched alkanes of at least 4 members (excludes halogenated alkanes) is 2. The number of furan rings is 1. The average Bonchev–Trinajstić information content (AvgIpc) is 3.42. The zero-order chi connectivity index (χ0) is 28.8. The number of likely N-dealkylation sites (N-methyl/N-ethyl adjacent to an activating group) is 1. The summed E-state index contributed by atoms with van der Waals surface area (Å²) >= 11 is 0. The van der Waals surface area contributed by atoms with E-state index in [1.54, 1.807) is 37.3 Å². The summed E-state index contributed by atoms with van der Waals surface area (Å²) < 4.78 is 10.9. The van der Waals surface area contributed by atoms with Crippen molar-refractivity contribution in [3.63, 3.8) is 0 Å². The van der Waals surface area contributed by atoms with E-state index in [0.717, 1.165) is 19.3 Å².